The van der Waals surface area contributed by atoms with E-state index in [9.17, 15) is 13.2 Å². The molecule has 0 aliphatic carbocycles. The summed E-state index contributed by atoms with van der Waals surface area (Å²) < 4.78 is 32.2. The van der Waals surface area contributed by atoms with Gasteiger partial charge in [0.15, 0.2) is 5.75 Å². The Morgan fingerprint density at radius 2 is 1.52 bits per heavy atom. The van der Waals surface area contributed by atoms with Crippen LogP contribution < -0.4 is 14.4 Å². The van der Waals surface area contributed by atoms with Crippen LogP contribution in [0.3, 0.4) is 0 Å². The number of hydrogen-bond acceptors (Lipinski definition) is 4. The maximum absolute atomic E-state index is 13.1. The summed E-state index contributed by atoms with van der Waals surface area (Å²) in [6.45, 7) is 5.34. The second-order valence-electron chi connectivity index (χ2n) is 7.48. The van der Waals surface area contributed by atoms with Gasteiger partial charge in [-0.3, -0.25) is 9.10 Å². The molecular weight excluding hydrogens is 412 g/mol. The lowest BCUT2D eigenvalue weighted by atomic mass is 10.1. The normalized spacial score (nSPS) is 12.1. The summed E-state index contributed by atoms with van der Waals surface area (Å²) in [4.78, 5) is 13.1. The van der Waals surface area contributed by atoms with E-state index >= 15 is 0 Å². The first-order valence-corrected chi connectivity index (χ1v) is 11.7. The van der Waals surface area contributed by atoms with Crippen LogP contribution in [0.4, 0.5) is 11.4 Å². The highest BCUT2D eigenvalue weighted by Crippen LogP contribution is 2.30. The summed E-state index contributed by atoms with van der Waals surface area (Å²) in [5, 5.41) is 2.81. The lowest BCUT2D eigenvalue weighted by Gasteiger charge is -2.29. The van der Waals surface area contributed by atoms with Crippen LogP contribution in [0.2, 0.25) is 0 Å². The molecule has 1 atom stereocenters. The van der Waals surface area contributed by atoms with E-state index in [0.717, 1.165) is 21.7 Å². The molecule has 0 unspecified atom stereocenters. The zero-order valence-corrected chi connectivity index (χ0v) is 18.8. The number of sulfonamides is 1. The van der Waals surface area contributed by atoms with E-state index in [1.807, 2.05) is 50.2 Å². The highest BCUT2D eigenvalue weighted by atomic mass is 32.2. The predicted octanol–water partition coefficient (Wildman–Crippen LogP) is 4.89. The average Bonchev–Trinajstić information content (AvgIpc) is 2.68. The Balaban J connectivity index is 1.88. The zero-order valence-electron chi connectivity index (χ0n) is 18.0. The highest BCUT2D eigenvalue weighted by molar-refractivity contribution is 7.92. The van der Waals surface area contributed by atoms with Gasteiger partial charge < -0.3 is 10.1 Å². The Bertz CT molecular complexity index is 1160. The molecule has 1 N–H and O–H groups in total. The Kier molecular flexibility index (Phi) is 6.65. The summed E-state index contributed by atoms with van der Waals surface area (Å²) in [5.74, 6) is 0.630. The first-order chi connectivity index (χ1) is 14.6. The molecule has 0 bridgehead atoms. The van der Waals surface area contributed by atoms with Crippen molar-refractivity contribution >= 4 is 27.3 Å². The lowest BCUT2D eigenvalue weighted by molar-refractivity contribution is -0.116. The van der Waals surface area contributed by atoms with Gasteiger partial charge in [-0.1, -0.05) is 36.4 Å². The van der Waals surface area contributed by atoms with Crippen molar-refractivity contribution in [1.29, 1.82) is 0 Å². The van der Waals surface area contributed by atoms with Gasteiger partial charge in [-0.25, -0.2) is 8.42 Å². The second kappa shape index (κ2) is 9.22. The number of para-hydroxylation sites is 3. The van der Waals surface area contributed by atoms with Crippen LogP contribution in [0.25, 0.3) is 0 Å². The van der Waals surface area contributed by atoms with E-state index in [4.69, 9.17) is 4.74 Å². The Morgan fingerprint density at radius 1 is 0.935 bits per heavy atom. The van der Waals surface area contributed by atoms with Gasteiger partial charge in [-0.15, -0.1) is 0 Å². The molecule has 0 aliphatic heterocycles. The third-order valence-electron chi connectivity index (χ3n) is 4.67. The van der Waals surface area contributed by atoms with Crippen LogP contribution in [0.1, 0.15) is 18.1 Å². The van der Waals surface area contributed by atoms with Crippen molar-refractivity contribution in [3.8, 4) is 11.5 Å². The molecule has 0 fully saturated rings. The van der Waals surface area contributed by atoms with E-state index in [-0.39, 0.29) is 0 Å². The molecule has 1 amide bonds. The molecular formula is C24H26N2O4S. The third-order valence-corrected chi connectivity index (χ3v) is 5.91. The Hall–Kier alpha value is -3.32. The number of carbonyl (C=O) groups excluding carboxylic acids is 1. The number of benzene rings is 3. The monoisotopic (exact) mass is 438 g/mol. The SMILES string of the molecule is Cc1cc(C)cc(N([C@H](C)C(=O)Nc2ccccc2Oc2ccccc2)S(C)(=O)=O)c1. The molecule has 7 heteroatoms. The fraction of sp³-hybridized carbons (Fsp3) is 0.208. The minimum atomic E-state index is -3.71. The maximum atomic E-state index is 13.1. The number of aryl methyl sites for hydroxylation is 2. The number of amides is 1. The Morgan fingerprint density at radius 3 is 2.13 bits per heavy atom. The van der Waals surface area contributed by atoms with Crippen molar-refractivity contribution < 1.29 is 17.9 Å². The van der Waals surface area contributed by atoms with E-state index in [0.29, 0.717) is 22.9 Å². The van der Waals surface area contributed by atoms with Gasteiger partial charge >= 0.3 is 0 Å². The molecule has 3 rings (SSSR count). The van der Waals surface area contributed by atoms with Gasteiger partial charge in [0.25, 0.3) is 0 Å². The lowest BCUT2D eigenvalue weighted by Crippen LogP contribution is -2.45. The van der Waals surface area contributed by atoms with E-state index in [1.165, 1.54) is 0 Å². The zero-order chi connectivity index (χ0) is 22.6. The molecule has 3 aromatic rings. The van der Waals surface area contributed by atoms with Crippen LogP contribution in [-0.4, -0.2) is 26.6 Å². The van der Waals surface area contributed by atoms with Gasteiger partial charge in [0, 0.05) is 0 Å². The minimum Gasteiger partial charge on any atom is -0.455 e. The summed E-state index contributed by atoms with van der Waals surface area (Å²) in [6, 6.07) is 20.7. The first-order valence-electron chi connectivity index (χ1n) is 9.85. The molecule has 0 aromatic heterocycles. The summed E-state index contributed by atoms with van der Waals surface area (Å²) >= 11 is 0. The maximum Gasteiger partial charge on any atom is 0.248 e. The van der Waals surface area contributed by atoms with Crippen molar-refractivity contribution in [2.24, 2.45) is 0 Å². The fourth-order valence-corrected chi connectivity index (χ4v) is 4.56. The number of ether oxygens (including phenoxy) is 1. The fourth-order valence-electron chi connectivity index (χ4n) is 3.40. The number of carbonyl (C=O) groups is 1. The van der Waals surface area contributed by atoms with Crippen molar-refractivity contribution in [3.63, 3.8) is 0 Å². The van der Waals surface area contributed by atoms with Crippen molar-refractivity contribution in [1.82, 2.24) is 0 Å². The number of rotatable bonds is 7. The molecule has 162 valence electrons. The molecule has 0 spiro atoms. The van der Waals surface area contributed by atoms with E-state index in [1.54, 1.807) is 43.3 Å². The average molecular weight is 439 g/mol. The van der Waals surface area contributed by atoms with Crippen molar-refractivity contribution in [2.45, 2.75) is 26.8 Å². The molecule has 0 radical (unpaired) electrons. The Labute approximate surface area is 183 Å². The standard InChI is InChI=1S/C24H26N2O4S/c1-17-14-18(2)16-20(15-17)26(31(4,28)29)19(3)24(27)25-22-12-8-9-13-23(22)30-21-10-6-5-7-11-21/h5-16,19H,1-4H3,(H,25,27)/t19-/m1/s1. The molecule has 0 aliphatic rings. The van der Waals surface area contributed by atoms with Crippen molar-refractivity contribution in [3.05, 3.63) is 83.9 Å². The minimum absolute atomic E-state index is 0.455. The molecule has 0 heterocycles. The number of nitrogens with one attached hydrogen (secondary N) is 1. The van der Waals surface area contributed by atoms with Gasteiger partial charge in [-0.05, 0) is 68.3 Å². The van der Waals surface area contributed by atoms with Crippen LogP contribution >= 0.6 is 0 Å². The first kappa shape index (κ1) is 22.4. The molecule has 0 saturated heterocycles. The van der Waals surface area contributed by atoms with E-state index < -0.39 is 22.0 Å². The number of hydrogen-bond donors (Lipinski definition) is 1. The van der Waals surface area contributed by atoms with Crippen LogP contribution in [-0.2, 0) is 14.8 Å². The van der Waals surface area contributed by atoms with Gasteiger partial charge in [0.1, 0.15) is 11.8 Å². The van der Waals surface area contributed by atoms with Crippen LogP contribution in [0.5, 0.6) is 11.5 Å². The highest BCUT2D eigenvalue weighted by Gasteiger charge is 2.30. The molecule has 0 saturated carbocycles. The van der Waals surface area contributed by atoms with Crippen molar-refractivity contribution in [2.75, 3.05) is 15.9 Å². The topological polar surface area (TPSA) is 75.7 Å². The van der Waals surface area contributed by atoms with Crippen LogP contribution in [0.15, 0.2) is 72.8 Å². The van der Waals surface area contributed by atoms with Gasteiger partial charge in [-0.2, -0.15) is 0 Å². The quantitative estimate of drug-likeness (QED) is 0.570. The summed E-state index contributed by atoms with van der Waals surface area (Å²) in [7, 11) is -3.71. The molecule has 6 nitrogen and oxygen atoms in total. The largest absolute Gasteiger partial charge is 0.455 e. The van der Waals surface area contributed by atoms with E-state index in [2.05, 4.69) is 5.32 Å². The number of anilines is 2. The van der Waals surface area contributed by atoms with Crippen LogP contribution in [0, 0.1) is 13.8 Å². The number of nitrogens with zero attached hydrogens (tertiary/aromatic N) is 1. The summed E-state index contributed by atoms with van der Waals surface area (Å²) in [5.41, 5.74) is 2.74. The molecule has 31 heavy (non-hydrogen) atoms. The predicted molar refractivity (Wildman–Crippen MR) is 124 cm³/mol. The smallest absolute Gasteiger partial charge is 0.248 e. The third kappa shape index (κ3) is 5.64. The van der Waals surface area contributed by atoms with Gasteiger partial charge in [0.05, 0.1) is 17.6 Å². The summed E-state index contributed by atoms with van der Waals surface area (Å²) in [6.07, 6.45) is 1.10. The second-order valence-corrected chi connectivity index (χ2v) is 9.34. The van der Waals surface area contributed by atoms with Gasteiger partial charge in [0.2, 0.25) is 15.9 Å². The molecule has 3 aromatic carbocycles.